The molecule has 0 aliphatic carbocycles. The molecule has 0 atom stereocenters. The van der Waals surface area contributed by atoms with E-state index < -0.39 is 0 Å². The van der Waals surface area contributed by atoms with E-state index in [4.69, 9.17) is 0 Å². The summed E-state index contributed by atoms with van der Waals surface area (Å²) in [6, 6.07) is 7.99. The molecule has 0 amide bonds. The van der Waals surface area contributed by atoms with Crippen molar-refractivity contribution < 1.29 is 9.53 Å². The molecule has 3 nitrogen and oxygen atoms in total. The first-order valence-corrected chi connectivity index (χ1v) is 5.75. The van der Waals surface area contributed by atoms with Crippen molar-refractivity contribution in [2.45, 2.75) is 6.92 Å². The first kappa shape index (κ1) is 12.2. The molecule has 1 aromatic carbocycles. The number of hydrogen-bond donors (Lipinski definition) is 1. The third-order valence-electron chi connectivity index (χ3n) is 2.70. The van der Waals surface area contributed by atoms with Crippen molar-refractivity contribution in [3.63, 3.8) is 0 Å². The lowest BCUT2D eigenvalue weighted by Gasteiger charge is -1.94. The van der Waals surface area contributed by atoms with Gasteiger partial charge in [0, 0.05) is 28.2 Å². The Morgan fingerprint density at radius 2 is 2.06 bits per heavy atom. The van der Waals surface area contributed by atoms with Crippen LogP contribution in [0.4, 0.5) is 0 Å². The van der Waals surface area contributed by atoms with Crippen LogP contribution in [0, 0.1) is 0 Å². The van der Waals surface area contributed by atoms with Crippen molar-refractivity contribution in [1.82, 2.24) is 4.98 Å². The highest BCUT2D eigenvalue weighted by Gasteiger charge is 2.06. The summed E-state index contributed by atoms with van der Waals surface area (Å²) >= 11 is 0. The van der Waals surface area contributed by atoms with Crippen LogP contribution in [0.1, 0.15) is 18.2 Å². The number of aromatic nitrogens is 1. The molecule has 92 valence electrons. The minimum absolute atomic E-state index is 0.355. The number of para-hydroxylation sites is 1. The van der Waals surface area contributed by atoms with E-state index in [1.165, 1.54) is 13.2 Å². The first-order chi connectivity index (χ1) is 8.76. The predicted octanol–water partition coefficient (Wildman–Crippen LogP) is 3.39. The molecular weight excluding hydrogens is 226 g/mol. The van der Waals surface area contributed by atoms with Crippen molar-refractivity contribution >= 4 is 29.0 Å². The van der Waals surface area contributed by atoms with E-state index in [9.17, 15) is 4.79 Å². The second-order valence-corrected chi connectivity index (χ2v) is 3.85. The summed E-state index contributed by atoms with van der Waals surface area (Å²) in [6.45, 7) is 1.96. The van der Waals surface area contributed by atoms with Crippen molar-refractivity contribution in [1.29, 1.82) is 0 Å². The van der Waals surface area contributed by atoms with Crippen molar-refractivity contribution in [2.75, 3.05) is 7.11 Å². The van der Waals surface area contributed by atoms with Crippen LogP contribution in [-0.4, -0.2) is 18.1 Å². The van der Waals surface area contributed by atoms with Crippen LogP contribution in [0.15, 0.2) is 36.4 Å². The number of H-pyrrole nitrogens is 1. The van der Waals surface area contributed by atoms with Crippen molar-refractivity contribution in [3.05, 3.63) is 47.7 Å². The van der Waals surface area contributed by atoms with Gasteiger partial charge in [-0.15, -0.1) is 0 Å². The number of esters is 1. The van der Waals surface area contributed by atoms with E-state index in [1.54, 1.807) is 6.08 Å². The molecule has 2 aromatic rings. The molecule has 0 saturated heterocycles. The maximum Gasteiger partial charge on any atom is 0.330 e. The zero-order valence-electron chi connectivity index (χ0n) is 10.4. The van der Waals surface area contributed by atoms with Crippen LogP contribution < -0.4 is 0 Å². The van der Waals surface area contributed by atoms with Crippen molar-refractivity contribution in [3.8, 4) is 0 Å². The lowest BCUT2D eigenvalue weighted by molar-refractivity contribution is -0.134. The monoisotopic (exact) mass is 241 g/mol. The molecule has 0 spiro atoms. The highest BCUT2D eigenvalue weighted by molar-refractivity contribution is 5.96. The molecule has 0 aliphatic rings. The Kier molecular flexibility index (Phi) is 3.63. The fourth-order valence-corrected chi connectivity index (χ4v) is 1.88. The summed E-state index contributed by atoms with van der Waals surface area (Å²) in [4.78, 5) is 14.5. The number of carbonyl (C=O) groups is 1. The minimum atomic E-state index is -0.355. The number of methoxy groups -OCH3 is 1. The van der Waals surface area contributed by atoms with Crippen molar-refractivity contribution in [2.24, 2.45) is 0 Å². The second kappa shape index (κ2) is 5.36. The standard InChI is InChI=1S/C15H15NO2/c1-3-6-13-12(9-10-15(17)18-2)11-7-4-5-8-14(11)16-13/h3-10,16H,1-2H3/b6-3+,10-9+. The number of aromatic amines is 1. The molecule has 1 N–H and O–H groups in total. The maximum atomic E-state index is 11.2. The number of rotatable bonds is 3. The van der Waals surface area contributed by atoms with Crippen LogP contribution in [0.25, 0.3) is 23.1 Å². The Bertz CT molecular complexity index is 620. The molecule has 0 fully saturated rings. The molecule has 2 rings (SSSR count). The lowest BCUT2D eigenvalue weighted by atomic mass is 10.1. The Morgan fingerprint density at radius 1 is 1.28 bits per heavy atom. The molecular formula is C15H15NO2. The predicted molar refractivity (Wildman–Crippen MR) is 74.1 cm³/mol. The molecule has 3 heteroatoms. The number of ether oxygens (including phenoxy) is 1. The van der Waals surface area contributed by atoms with Crippen LogP contribution in [0.5, 0.6) is 0 Å². The van der Waals surface area contributed by atoms with Gasteiger partial charge in [-0.3, -0.25) is 0 Å². The van der Waals surface area contributed by atoms with E-state index in [2.05, 4.69) is 9.72 Å². The smallest absolute Gasteiger partial charge is 0.330 e. The Labute approximate surface area is 106 Å². The first-order valence-electron chi connectivity index (χ1n) is 5.75. The van der Waals surface area contributed by atoms with Gasteiger partial charge in [-0.2, -0.15) is 0 Å². The van der Waals surface area contributed by atoms with Gasteiger partial charge in [-0.05, 0) is 25.1 Å². The normalized spacial score (nSPS) is 11.7. The third-order valence-corrected chi connectivity index (χ3v) is 2.70. The van der Waals surface area contributed by atoms with Gasteiger partial charge in [-0.1, -0.05) is 24.3 Å². The highest BCUT2D eigenvalue weighted by atomic mass is 16.5. The van der Waals surface area contributed by atoms with E-state index >= 15 is 0 Å². The number of allylic oxidation sites excluding steroid dienone is 1. The number of benzene rings is 1. The highest BCUT2D eigenvalue weighted by Crippen LogP contribution is 2.24. The minimum Gasteiger partial charge on any atom is -0.466 e. The Hall–Kier alpha value is -2.29. The van der Waals surface area contributed by atoms with Crippen LogP contribution in [0.3, 0.4) is 0 Å². The summed E-state index contributed by atoms with van der Waals surface area (Å²) in [7, 11) is 1.37. The van der Waals surface area contributed by atoms with E-state index in [0.29, 0.717) is 0 Å². The van der Waals surface area contributed by atoms with Gasteiger partial charge in [-0.25, -0.2) is 4.79 Å². The van der Waals surface area contributed by atoms with E-state index in [1.807, 2.05) is 43.3 Å². The van der Waals surface area contributed by atoms with Gasteiger partial charge in [0.1, 0.15) is 0 Å². The lowest BCUT2D eigenvalue weighted by Crippen LogP contribution is -1.93. The van der Waals surface area contributed by atoms with Crippen LogP contribution in [0.2, 0.25) is 0 Å². The fourth-order valence-electron chi connectivity index (χ4n) is 1.88. The quantitative estimate of drug-likeness (QED) is 0.661. The summed E-state index contributed by atoms with van der Waals surface area (Å²) in [5, 5.41) is 1.09. The molecule has 1 aromatic heterocycles. The summed E-state index contributed by atoms with van der Waals surface area (Å²) in [5.41, 5.74) is 3.03. The number of fused-ring (bicyclic) bond motifs is 1. The zero-order valence-corrected chi connectivity index (χ0v) is 10.4. The van der Waals surface area contributed by atoms with Crippen LogP contribution >= 0.6 is 0 Å². The Balaban J connectivity index is 2.55. The number of nitrogens with one attached hydrogen (secondary N) is 1. The molecule has 0 bridgehead atoms. The van der Waals surface area contributed by atoms with Crippen LogP contribution in [-0.2, 0) is 9.53 Å². The molecule has 0 aliphatic heterocycles. The number of carbonyl (C=O) groups excluding carboxylic acids is 1. The SMILES string of the molecule is C/C=C/c1[nH]c2ccccc2c1/C=C/C(=O)OC. The topological polar surface area (TPSA) is 42.1 Å². The van der Waals surface area contributed by atoms with Gasteiger partial charge in [0.15, 0.2) is 0 Å². The molecule has 1 heterocycles. The Morgan fingerprint density at radius 3 is 2.78 bits per heavy atom. The number of hydrogen-bond acceptors (Lipinski definition) is 2. The summed E-state index contributed by atoms with van der Waals surface area (Å²) < 4.78 is 4.61. The maximum absolute atomic E-state index is 11.2. The van der Waals surface area contributed by atoms with Gasteiger partial charge >= 0.3 is 5.97 Å². The largest absolute Gasteiger partial charge is 0.466 e. The zero-order chi connectivity index (χ0) is 13.0. The van der Waals surface area contributed by atoms with Gasteiger partial charge < -0.3 is 9.72 Å². The molecule has 0 saturated carbocycles. The average Bonchev–Trinajstić information content (AvgIpc) is 2.74. The summed E-state index contributed by atoms with van der Waals surface area (Å²) in [5.74, 6) is -0.355. The average molecular weight is 241 g/mol. The molecule has 0 radical (unpaired) electrons. The second-order valence-electron chi connectivity index (χ2n) is 3.85. The summed E-state index contributed by atoms with van der Waals surface area (Å²) in [6.07, 6.45) is 7.15. The van der Waals surface area contributed by atoms with E-state index in [-0.39, 0.29) is 5.97 Å². The van der Waals surface area contributed by atoms with Gasteiger partial charge in [0.2, 0.25) is 0 Å². The molecule has 0 unspecified atom stereocenters. The van der Waals surface area contributed by atoms with E-state index in [0.717, 1.165) is 22.2 Å². The third kappa shape index (κ3) is 2.35. The fraction of sp³-hybridized carbons (Fsp3) is 0.133. The van der Waals surface area contributed by atoms with Gasteiger partial charge in [0.05, 0.1) is 7.11 Å². The van der Waals surface area contributed by atoms with Gasteiger partial charge in [0.25, 0.3) is 0 Å². The molecule has 18 heavy (non-hydrogen) atoms.